The van der Waals surface area contributed by atoms with E-state index in [-0.39, 0.29) is 0 Å². The van der Waals surface area contributed by atoms with E-state index in [0.717, 1.165) is 12.1 Å². The summed E-state index contributed by atoms with van der Waals surface area (Å²) < 4.78 is 0. The van der Waals surface area contributed by atoms with E-state index >= 15 is 0 Å². The van der Waals surface area contributed by atoms with Crippen LogP contribution in [0.4, 0.5) is 5.69 Å². The maximum Gasteiger partial charge on any atom is 0.0314 e. The van der Waals surface area contributed by atoms with Crippen molar-refractivity contribution in [3.63, 3.8) is 0 Å². The molecule has 0 radical (unpaired) electrons. The molecule has 1 aromatic rings. The third-order valence-corrected chi connectivity index (χ3v) is 2.19. The smallest absolute Gasteiger partial charge is 0.0314 e. The number of nitrogens with two attached hydrogens (primary N) is 2. The Bertz CT molecular complexity index is 224. The van der Waals surface area contributed by atoms with E-state index in [1.165, 1.54) is 5.56 Å². The largest absolute Gasteiger partial charge is 0.399 e. The molecule has 0 heterocycles. The Morgan fingerprint density at radius 3 is 2.25 bits per heavy atom. The molecule has 0 fully saturated rings. The van der Waals surface area contributed by atoms with Crippen molar-refractivity contribution in [3.8, 4) is 0 Å². The average molecular weight is 164 g/mol. The van der Waals surface area contributed by atoms with Crippen LogP contribution in [0.1, 0.15) is 24.8 Å². The molecule has 4 N–H and O–H groups in total. The summed E-state index contributed by atoms with van der Waals surface area (Å²) in [6.07, 6.45) is 1.08. The van der Waals surface area contributed by atoms with Crippen LogP contribution < -0.4 is 11.5 Å². The van der Waals surface area contributed by atoms with Crippen LogP contribution in [0.15, 0.2) is 24.3 Å². The molecular weight excluding hydrogens is 148 g/mol. The van der Waals surface area contributed by atoms with Crippen LogP contribution in [-0.2, 0) is 0 Å². The van der Waals surface area contributed by atoms with Crippen molar-refractivity contribution in [3.05, 3.63) is 29.8 Å². The molecule has 2 nitrogen and oxygen atoms in total. The standard InChI is InChI=1S/C10H16N2/c1-2-8(7-11)9-3-5-10(12)6-4-9/h3-6,8H,2,7,11-12H2,1H3. The highest BCUT2D eigenvalue weighted by molar-refractivity contribution is 5.40. The Hall–Kier alpha value is -1.02. The van der Waals surface area contributed by atoms with Gasteiger partial charge in [-0.15, -0.1) is 0 Å². The number of benzene rings is 1. The second-order valence-corrected chi connectivity index (χ2v) is 3.01. The van der Waals surface area contributed by atoms with Gasteiger partial charge in [-0.2, -0.15) is 0 Å². The van der Waals surface area contributed by atoms with E-state index in [4.69, 9.17) is 11.5 Å². The van der Waals surface area contributed by atoms with Crippen LogP contribution in [0.2, 0.25) is 0 Å². The Labute approximate surface area is 73.6 Å². The lowest BCUT2D eigenvalue weighted by atomic mass is 9.97. The van der Waals surface area contributed by atoms with Gasteiger partial charge in [0.1, 0.15) is 0 Å². The van der Waals surface area contributed by atoms with Gasteiger partial charge in [-0.3, -0.25) is 0 Å². The molecule has 0 aliphatic heterocycles. The lowest BCUT2D eigenvalue weighted by molar-refractivity contribution is 0.674. The Morgan fingerprint density at radius 2 is 1.83 bits per heavy atom. The van der Waals surface area contributed by atoms with Crippen molar-refractivity contribution >= 4 is 5.69 Å². The highest BCUT2D eigenvalue weighted by Crippen LogP contribution is 2.18. The van der Waals surface area contributed by atoms with Gasteiger partial charge in [0.25, 0.3) is 0 Å². The molecule has 1 aromatic carbocycles. The monoisotopic (exact) mass is 164 g/mol. The van der Waals surface area contributed by atoms with E-state index in [0.29, 0.717) is 12.5 Å². The molecule has 0 aromatic heterocycles. The minimum absolute atomic E-state index is 0.477. The molecule has 0 saturated heterocycles. The highest BCUT2D eigenvalue weighted by atomic mass is 14.6. The van der Waals surface area contributed by atoms with Crippen molar-refractivity contribution in [1.29, 1.82) is 0 Å². The molecule has 1 unspecified atom stereocenters. The van der Waals surface area contributed by atoms with Crippen molar-refractivity contribution in [2.45, 2.75) is 19.3 Å². The molecule has 0 aliphatic rings. The van der Waals surface area contributed by atoms with Crippen LogP contribution in [0, 0.1) is 0 Å². The molecule has 0 saturated carbocycles. The fourth-order valence-corrected chi connectivity index (χ4v) is 1.31. The molecule has 0 amide bonds. The molecule has 0 bridgehead atoms. The highest BCUT2D eigenvalue weighted by Gasteiger charge is 2.05. The Balaban J connectivity index is 2.80. The van der Waals surface area contributed by atoms with E-state index in [2.05, 4.69) is 19.1 Å². The third kappa shape index (κ3) is 1.98. The maximum absolute atomic E-state index is 5.62. The first-order chi connectivity index (χ1) is 5.77. The fraction of sp³-hybridized carbons (Fsp3) is 0.400. The first kappa shape index (κ1) is 9.07. The predicted molar refractivity (Wildman–Crippen MR) is 52.9 cm³/mol. The lowest BCUT2D eigenvalue weighted by Gasteiger charge is -2.12. The van der Waals surface area contributed by atoms with Crippen LogP contribution in [0.3, 0.4) is 0 Å². The summed E-state index contributed by atoms with van der Waals surface area (Å²) in [7, 11) is 0. The Kier molecular flexibility index (Phi) is 3.11. The SMILES string of the molecule is CCC(CN)c1ccc(N)cc1. The molecular formula is C10H16N2. The van der Waals surface area contributed by atoms with Gasteiger partial charge in [-0.05, 0) is 36.6 Å². The number of hydrogen-bond acceptors (Lipinski definition) is 2. The predicted octanol–water partition coefficient (Wildman–Crippen LogP) is 1.72. The van der Waals surface area contributed by atoms with Gasteiger partial charge in [0.15, 0.2) is 0 Å². The van der Waals surface area contributed by atoms with E-state index in [1.54, 1.807) is 0 Å². The van der Waals surface area contributed by atoms with Gasteiger partial charge in [0.05, 0.1) is 0 Å². The minimum Gasteiger partial charge on any atom is -0.399 e. The first-order valence-corrected chi connectivity index (χ1v) is 4.33. The molecule has 1 atom stereocenters. The van der Waals surface area contributed by atoms with Gasteiger partial charge in [-0.1, -0.05) is 19.1 Å². The van der Waals surface area contributed by atoms with Crippen LogP contribution >= 0.6 is 0 Å². The van der Waals surface area contributed by atoms with Crippen LogP contribution in [0.5, 0.6) is 0 Å². The number of rotatable bonds is 3. The summed E-state index contributed by atoms with van der Waals surface area (Å²) in [6, 6.07) is 7.95. The van der Waals surface area contributed by atoms with Crippen molar-refractivity contribution in [2.75, 3.05) is 12.3 Å². The molecule has 12 heavy (non-hydrogen) atoms. The van der Waals surface area contributed by atoms with Gasteiger partial charge in [0.2, 0.25) is 0 Å². The summed E-state index contributed by atoms with van der Waals surface area (Å²) >= 11 is 0. The zero-order chi connectivity index (χ0) is 8.97. The fourth-order valence-electron chi connectivity index (χ4n) is 1.31. The second kappa shape index (κ2) is 4.12. The van der Waals surface area contributed by atoms with Gasteiger partial charge < -0.3 is 11.5 Å². The zero-order valence-corrected chi connectivity index (χ0v) is 7.46. The maximum atomic E-state index is 5.62. The summed E-state index contributed by atoms with van der Waals surface area (Å²) in [5.74, 6) is 0.477. The lowest BCUT2D eigenvalue weighted by Crippen LogP contribution is -2.11. The van der Waals surface area contributed by atoms with Crippen molar-refractivity contribution in [1.82, 2.24) is 0 Å². The second-order valence-electron chi connectivity index (χ2n) is 3.01. The number of nitrogen functional groups attached to an aromatic ring is 1. The summed E-state index contributed by atoms with van der Waals surface area (Å²) in [6.45, 7) is 2.86. The molecule has 0 spiro atoms. The van der Waals surface area contributed by atoms with Crippen LogP contribution in [0.25, 0.3) is 0 Å². The van der Waals surface area contributed by atoms with Crippen molar-refractivity contribution in [2.24, 2.45) is 5.73 Å². The average Bonchev–Trinajstić information content (AvgIpc) is 2.10. The van der Waals surface area contributed by atoms with Gasteiger partial charge >= 0.3 is 0 Å². The Morgan fingerprint density at radius 1 is 1.25 bits per heavy atom. The third-order valence-electron chi connectivity index (χ3n) is 2.19. The molecule has 2 heteroatoms. The summed E-state index contributed by atoms with van der Waals surface area (Å²) in [5.41, 5.74) is 13.3. The minimum atomic E-state index is 0.477. The normalized spacial score (nSPS) is 12.8. The quantitative estimate of drug-likeness (QED) is 0.668. The zero-order valence-electron chi connectivity index (χ0n) is 7.46. The molecule has 0 aliphatic carbocycles. The number of hydrogen-bond donors (Lipinski definition) is 2. The molecule has 1 rings (SSSR count). The summed E-state index contributed by atoms with van der Waals surface area (Å²) in [4.78, 5) is 0. The van der Waals surface area contributed by atoms with Crippen LogP contribution in [-0.4, -0.2) is 6.54 Å². The van der Waals surface area contributed by atoms with Gasteiger partial charge in [0, 0.05) is 5.69 Å². The van der Waals surface area contributed by atoms with Gasteiger partial charge in [-0.25, -0.2) is 0 Å². The van der Waals surface area contributed by atoms with E-state index in [1.807, 2.05) is 12.1 Å². The van der Waals surface area contributed by atoms with Crippen molar-refractivity contribution < 1.29 is 0 Å². The van der Waals surface area contributed by atoms with E-state index in [9.17, 15) is 0 Å². The van der Waals surface area contributed by atoms with E-state index < -0.39 is 0 Å². The topological polar surface area (TPSA) is 52.0 Å². The summed E-state index contributed by atoms with van der Waals surface area (Å²) in [5, 5.41) is 0. The molecule has 66 valence electrons. The first-order valence-electron chi connectivity index (χ1n) is 4.33. The number of anilines is 1.